The third-order valence-corrected chi connectivity index (χ3v) is 8.17. The fourth-order valence-corrected chi connectivity index (χ4v) is 6.52. The predicted octanol–water partition coefficient (Wildman–Crippen LogP) is 3.61. The number of ether oxygens (including phenoxy) is 2. The van der Waals surface area contributed by atoms with Crippen LogP contribution >= 0.6 is 11.6 Å². The van der Waals surface area contributed by atoms with Crippen LogP contribution < -0.4 is 4.74 Å². The zero-order valence-corrected chi connectivity index (χ0v) is 15.9. The minimum Gasteiger partial charge on any atom is -0.490 e. The molecule has 0 amide bonds. The molecule has 5 nitrogen and oxygen atoms in total. The van der Waals surface area contributed by atoms with Crippen molar-refractivity contribution >= 4 is 21.4 Å². The minimum atomic E-state index is -4.27. The summed E-state index contributed by atoms with van der Waals surface area (Å²) in [5, 5.41) is 9.81. The molecule has 1 unspecified atom stereocenters. The van der Waals surface area contributed by atoms with Crippen molar-refractivity contribution in [3.05, 3.63) is 58.6 Å². The molecule has 2 aliphatic rings. The number of halogens is 3. The van der Waals surface area contributed by atoms with Gasteiger partial charge in [0.1, 0.15) is 10.6 Å². The number of rotatable bonds is 2. The summed E-state index contributed by atoms with van der Waals surface area (Å²) in [6, 6.07) is 9.12. The van der Waals surface area contributed by atoms with Gasteiger partial charge in [0.15, 0.2) is 27.5 Å². The summed E-state index contributed by atoms with van der Waals surface area (Å²) >= 11 is 5.87. The Morgan fingerprint density at radius 2 is 1.82 bits per heavy atom. The third-order valence-electron chi connectivity index (χ3n) is 5.36. The molecule has 0 aromatic heterocycles. The summed E-state index contributed by atoms with van der Waals surface area (Å²) in [5.74, 6) is -3.24. The Labute approximate surface area is 165 Å². The van der Waals surface area contributed by atoms with E-state index in [4.69, 9.17) is 21.1 Å². The van der Waals surface area contributed by atoms with Gasteiger partial charge in [-0.2, -0.15) is 5.26 Å². The molecular formula is C19H14ClF2NO4S. The molecule has 0 saturated carbocycles. The zero-order valence-electron chi connectivity index (χ0n) is 14.4. The highest BCUT2D eigenvalue weighted by molar-refractivity contribution is 7.92. The van der Waals surface area contributed by atoms with E-state index in [1.165, 1.54) is 24.3 Å². The molecule has 0 spiro atoms. The van der Waals surface area contributed by atoms with Crippen LogP contribution in [0.1, 0.15) is 12.0 Å². The molecule has 28 heavy (non-hydrogen) atoms. The topological polar surface area (TPSA) is 76.4 Å². The van der Waals surface area contributed by atoms with Crippen LogP contribution in [0.5, 0.6) is 5.75 Å². The van der Waals surface area contributed by atoms with Crippen molar-refractivity contribution in [2.24, 2.45) is 5.92 Å². The van der Waals surface area contributed by atoms with Crippen LogP contribution in [0.2, 0.25) is 5.02 Å². The SMILES string of the molecule is N#C[C@H]1OCC[C@@]2(S(=O)(=O)c3ccc(Cl)cc3)c3c(F)ccc(F)c3OCC12. The first-order valence-electron chi connectivity index (χ1n) is 8.45. The molecule has 2 aliphatic heterocycles. The maximum atomic E-state index is 15.0. The van der Waals surface area contributed by atoms with E-state index >= 15 is 0 Å². The van der Waals surface area contributed by atoms with Gasteiger partial charge in [-0.05, 0) is 42.8 Å². The first kappa shape index (κ1) is 19.1. The van der Waals surface area contributed by atoms with E-state index in [2.05, 4.69) is 0 Å². The normalized spacial score (nSPS) is 26.5. The van der Waals surface area contributed by atoms with Gasteiger partial charge in [-0.1, -0.05) is 11.6 Å². The highest BCUT2D eigenvalue weighted by Gasteiger charge is 2.61. The van der Waals surface area contributed by atoms with Crippen molar-refractivity contribution < 1.29 is 26.7 Å². The molecular weight excluding hydrogens is 412 g/mol. The van der Waals surface area contributed by atoms with E-state index in [-0.39, 0.29) is 30.1 Å². The number of hydrogen-bond donors (Lipinski definition) is 0. The second-order valence-electron chi connectivity index (χ2n) is 6.67. The first-order chi connectivity index (χ1) is 13.3. The lowest BCUT2D eigenvalue weighted by Gasteiger charge is -2.48. The highest BCUT2D eigenvalue weighted by atomic mass is 35.5. The van der Waals surface area contributed by atoms with Crippen LogP contribution in [-0.2, 0) is 19.3 Å². The molecule has 2 heterocycles. The van der Waals surface area contributed by atoms with Gasteiger partial charge in [-0.25, -0.2) is 17.2 Å². The van der Waals surface area contributed by atoms with Crippen molar-refractivity contribution in [1.82, 2.24) is 0 Å². The van der Waals surface area contributed by atoms with Gasteiger partial charge < -0.3 is 9.47 Å². The zero-order chi connectivity index (χ0) is 20.1. The quantitative estimate of drug-likeness (QED) is 0.734. The van der Waals surface area contributed by atoms with E-state index in [1.54, 1.807) is 0 Å². The highest BCUT2D eigenvalue weighted by Crippen LogP contribution is 2.55. The molecule has 0 aliphatic carbocycles. The Bertz CT molecular complexity index is 1080. The molecule has 9 heteroatoms. The van der Waals surface area contributed by atoms with Gasteiger partial charge in [-0.3, -0.25) is 0 Å². The number of nitriles is 1. The van der Waals surface area contributed by atoms with Gasteiger partial charge in [0.25, 0.3) is 0 Å². The summed E-state index contributed by atoms with van der Waals surface area (Å²) in [7, 11) is -4.27. The Kier molecular flexibility index (Phi) is 4.57. The van der Waals surface area contributed by atoms with Crippen molar-refractivity contribution in [3.63, 3.8) is 0 Å². The fourth-order valence-electron chi connectivity index (χ4n) is 4.08. The van der Waals surface area contributed by atoms with E-state index in [1.807, 2.05) is 6.07 Å². The molecule has 0 bridgehead atoms. The first-order valence-corrected chi connectivity index (χ1v) is 10.3. The summed E-state index contributed by atoms with van der Waals surface area (Å²) in [4.78, 5) is -0.1000. The average molecular weight is 426 g/mol. The molecule has 4 rings (SSSR count). The van der Waals surface area contributed by atoms with Gasteiger partial charge in [0, 0.05) is 5.02 Å². The number of benzene rings is 2. The molecule has 0 N–H and O–H groups in total. The molecule has 1 saturated heterocycles. The van der Waals surface area contributed by atoms with Crippen molar-refractivity contribution in [1.29, 1.82) is 5.26 Å². The third kappa shape index (κ3) is 2.54. The second-order valence-corrected chi connectivity index (χ2v) is 9.31. The number of fused-ring (bicyclic) bond motifs is 3. The van der Waals surface area contributed by atoms with Crippen LogP contribution in [0, 0.1) is 28.9 Å². The summed E-state index contributed by atoms with van der Waals surface area (Å²) in [6.45, 7) is -0.393. The molecule has 3 atom stereocenters. The standard InChI is InChI=1S/C19H14ClF2NO4S/c20-11-1-3-12(4-2-11)28(24,25)19-7-8-26-16(9-23)13(19)10-27-18-15(22)6-5-14(21)17(18)19/h1-6,13,16H,7-8,10H2/t13?,16-,19+/m1/s1. The Balaban J connectivity index is 2.06. The largest absolute Gasteiger partial charge is 0.490 e. The van der Waals surface area contributed by atoms with Crippen molar-refractivity contribution in [2.75, 3.05) is 13.2 Å². The monoisotopic (exact) mass is 425 g/mol. The maximum absolute atomic E-state index is 15.0. The smallest absolute Gasteiger partial charge is 0.189 e. The molecule has 1 fully saturated rings. The molecule has 0 radical (unpaired) electrons. The summed E-state index contributed by atoms with van der Waals surface area (Å²) in [6.07, 6.45) is -1.29. The average Bonchev–Trinajstić information content (AvgIpc) is 2.69. The van der Waals surface area contributed by atoms with Gasteiger partial charge in [-0.15, -0.1) is 0 Å². The van der Waals surface area contributed by atoms with Crippen LogP contribution in [0.3, 0.4) is 0 Å². The van der Waals surface area contributed by atoms with Gasteiger partial charge >= 0.3 is 0 Å². The lowest BCUT2D eigenvalue weighted by Crippen LogP contribution is -2.57. The Hall–Kier alpha value is -2.21. The Morgan fingerprint density at radius 3 is 2.50 bits per heavy atom. The summed E-state index contributed by atoms with van der Waals surface area (Å²) in [5.41, 5.74) is -0.387. The molecule has 2 aromatic rings. The van der Waals surface area contributed by atoms with E-state index in [0.717, 1.165) is 12.1 Å². The predicted molar refractivity (Wildman–Crippen MR) is 95.6 cm³/mol. The van der Waals surface area contributed by atoms with E-state index in [0.29, 0.717) is 5.02 Å². The maximum Gasteiger partial charge on any atom is 0.189 e. The lowest BCUT2D eigenvalue weighted by atomic mass is 9.76. The summed E-state index contributed by atoms with van der Waals surface area (Å²) < 4.78 is 65.8. The van der Waals surface area contributed by atoms with E-state index in [9.17, 15) is 22.5 Å². The number of hydrogen-bond acceptors (Lipinski definition) is 5. The minimum absolute atomic E-state index is 0.1000. The van der Waals surface area contributed by atoms with E-state index < -0.39 is 44.0 Å². The van der Waals surface area contributed by atoms with Gasteiger partial charge in [0.2, 0.25) is 0 Å². The van der Waals surface area contributed by atoms with Crippen LogP contribution in [-0.4, -0.2) is 27.7 Å². The van der Waals surface area contributed by atoms with Crippen molar-refractivity contribution in [3.8, 4) is 11.8 Å². The molecule has 146 valence electrons. The van der Waals surface area contributed by atoms with Crippen LogP contribution in [0.15, 0.2) is 41.3 Å². The lowest BCUT2D eigenvalue weighted by molar-refractivity contribution is -0.0441. The van der Waals surface area contributed by atoms with Crippen LogP contribution in [0.4, 0.5) is 8.78 Å². The second kappa shape index (κ2) is 6.69. The van der Waals surface area contributed by atoms with Crippen molar-refractivity contribution in [2.45, 2.75) is 22.2 Å². The number of sulfone groups is 1. The fraction of sp³-hybridized carbons (Fsp3) is 0.316. The van der Waals surface area contributed by atoms with Gasteiger partial charge in [0.05, 0.1) is 35.7 Å². The molecule has 2 aromatic carbocycles. The van der Waals surface area contributed by atoms with Crippen LogP contribution in [0.25, 0.3) is 0 Å². The number of nitrogens with zero attached hydrogens (tertiary/aromatic N) is 1. The Morgan fingerprint density at radius 1 is 1.14 bits per heavy atom.